The maximum atomic E-state index is 12.1. The first kappa shape index (κ1) is 24.9. The van der Waals surface area contributed by atoms with Crippen LogP contribution in [0.3, 0.4) is 0 Å². The van der Waals surface area contributed by atoms with Crippen LogP contribution in [-0.4, -0.2) is 72.3 Å². The van der Waals surface area contributed by atoms with Gasteiger partial charge in [0.05, 0.1) is 0 Å². The lowest BCUT2D eigenvalue weighted by Gasteiger charge is -2.35. The summed E-state index contributed by atoms with van der Waals surface area (Å²) in [5, 5.41) is 10.1. The summed E-state index contributed by atoms with van der Waals surface area (Å²) in [7, 11) is 0. The summed E-state index contributed by atoms with van der Waals surface area (Å²) in [6.07, 6.45) is 0.713. The van der Waals surface area contributed by atoms with Crippen molar-refractivity contribution < 1.29 is 14.6 Å². The van der Waals surface area contributed by atoms with Crippen LogP contribution < -0.4 is 10.5 Å². The number of amides is 1. The first-order valence-corrected chi connectivity index (χ1v) is 8.66. The number of aliphatic hydroxyl groups is 1. The summed E-state index contributed by atoms with van der Waals surface area (Å²) < 4.78 is 5.57. The zero-order valence-corrected chi connectivity index (χ0v) is 16.9. The third kappa shape index (κ3) is 9.05. The molecule has 2 atom stereocenters. The molecule has 3 N–H and O–H groups in total. The van der Waals surface area contributed by atoms with E-state index in [-0.39, 0.29) is 43.4 Å². The molecule has 150 valence electrons. The van der Waals surface area contributed by atoms with Gasteiger partial charge in [0, 0.05) is 45.2 Å². The molecule has 1 aromatic rings. The van der Waals surface area contributed by atoms with Crippen molar-refractivity contribution in [3.8, 4) is 5.75 Å². The van der Waals surface area contributed by atoms with Gasteiger partial charge >= 0.3 is 0 Å². The third-order valence-corrected chi connectivity index (χ3v) is 4.19. The number of hydrogen-bond donors (Lipinski definition) is 2. The van der Waals surface area contributed by atoms with Gasteiger partial charge in [0.25, 0.3) is 0 Å². The number of benzene rings is 1. The number of halogens is 2. The van der Waals surface area contributed by atoms with E-state index in [0.717, 1.165) is 25.3 Å². The predicted molar refractivity (Wildman–Crippen MR) is 108 cm³/mol. The first-order chi connectivity index (χ1) is 11.5. The molecule has 1 aliphatic heterocycles. The van der Waals surface area contributed by atoms with Crippen LogP contribution in [-0.2, 0) is 4.79 Å². The van der Waals surface area contributed by atoms with Gasteiger partial charge in [0.1, 0.15) is 18.5 Å². The summed E-state index contributed by atoms with van der Waals surface area (Å²) in [4.78, 5) is 16.1. The molecule has 8 heteroatoms. The summed E-state index contributed by atoms with van der Waals surface area (Å²) >= 11 is 0. The van der Waals surface area contributed by atoms with Crippen LogP contribution in [0.15, 0.2) is 30.3 Å². The minimum Gasteiger partial charge on any atom is -0.491 e. The third-order valence-electron chi connectivity index (χ3n) is 4.19. The Balaban J connectivity index is 0.00000312. The number of carbonyl (C=O) groups is 1. The maximum absolute atomic E-state index is 12.1. The number of nitrogens with zero attached hydrogens (tertiary/aromatic N) is 2. The molecule has 1 fully saturated rings. The molecule has 0 radical (unpaired) electrons. The highest BCUT2D eigenvalue weighted by Gasteiger charge is 2.22. The number of ether oxygens (including phenoxy) is 1. The second kappa shape index (κ2) is 13.2. The van der Waals surface area contributed by atoms with Gasteiger partial charge in [-0.15, -0.1) is 24.8 Å². The standard InChI is InChI=1S/C18H29N3O3.2ClH/c1-15(19)7-8-18(23)21-11-9-20(10-12-21)13-16(22)14-24-17-5-3-2-4-6-17;;/h2-6,15-16,22H,7-14,19H2,1H3;2*1H. The van der Waals surface area contributed by atoms with Crippen LogP contribution >= 0.6 is 24.8 Å². The Morgan fingerprint density at radius 3 is 2.38 bits per heavy atom. The number of rotatable bonds is 8. The molecule has 26 heavy (non-hydrogen) atoms. The number of hydrogen-bond acceptors (Lipinski definition) is 5. The number of para-hydroxylation sites is 1. The van der Waals surface area contributed by atoms with E-state index >= 15 is 0 Å². The largest absolute Gasteiger partial charge is 0.491 e. The molecule has 1 heterocycles. The van der Waals surface area contributed by atoms with Crippen molar-refractivity contribution >= 4 is 30.7 Å². The topological polar surface area (TPSA) is 79.0 Å². The number of carbonyl (C=O) groups excluding carboxylic acids is 1. The summed E-state index contributed by atoms with van der Waals surface area (Å²) in [6, 6.07) is 9.55. The highest BCUT2D eigenvalue weighted by atomic mass is 35.5. The molecule has 0 saturated carbocycles. The maximum Gasteiger partial charge on any atom is 0.222 e. The predicted octanol–water partition coefficient (Wildman–Crippen LogP) is 1.54. The lowest BCUT2D eigenvalue weighted by atomic mass is 10.1. The highest BCUT2D eigenvalue weighted by Crippen LogP contribution is 2.10. The second-order valence-electron chi connectivity index (χ2n) is 6.48. The summed E-state index contributed by atoms with van der Waals surface area (Å²) in [5.41, 5.74) is 5.70. The fourth-order valence-electron chi connectivity index (χ4n) is 2.75. The van der Waals surface area contributed by atoms with Gasteiger partial charge in [0.15, 0.2) is 0 Å². The van der Waals surface area contributed by atoms with Crippen LogP contribution in [0.25, 0.3) is 0 Å². The van der Waals surface area contributed by atoms with E-state index in [1.807, 2.05) is 42.2 Å². The van der Waals surface area contributed by atoms with E-state index in [2.05, 4.69) is 4.90 Å². The van der Waals surface area contributed by atoms with Gasteiger partial charge in [-0.25, -0.2) is 0 Å². The highest BCUT2D eigenvalue weighted by molar-refractivity contribution is 5.85. The molecule has 2 unspecified atom stereocenters. The molecular formula is C18H31Cl2N3O3. The lowest BCUT2D eigenvalue weighted by molar-refractivity contribution is -0.133. The van der Waals surface area contributed by atoms with Gasteiger partial charge in [-0.3, -0.25) is 9.69 Å². The Morgan fingerprint density at radius 1 is 1.19 bits per heavy atom. The van der Waals surface area contributed by atoms with E-state index < -0.39 is 6.10 Å². The van der Waals surface area contributed by atoms with Crippen LogP contribution in [0.4, 0.5) is 0 Å². The van der Waals surface area contributed by atoms with E-state index in [1.165, 1.54) is 0 Å². The van der Waals surface area contributed by atoms with Crippen LogP contribution in [0, 0.1) is 0 Å². The normalized spacial score (nSPS) is 16.8. The number of β-amino-alcohol motifs (C(OH)–C–C–N with tert-alkyl or cyclic N) is 1. The van der Waals surface area contributed by atoms with E-state index in [1.54, 1.807) is 0 Å². The SMILES string of the molecule is CC(N)CCC(=O)N1CCN(CC(O)COc2ccccc2)CC1.Cl.Cl. The molecular weight excluding hydrogens is 377 g/mol. The fraction of sp³-hybridized carbons (Fsp3) is 0.611. The monoisotopic (exact) mass is 407 g/mol. The van der Waals surface area contributed by atoms with E-state index in [0.29, 0.717) is 26.1 Å². The minimum absolute atomic E-state index is 0. The Labute approximate surface area is 168 Å². The average molecular weight is 408 g/mol. The lowest BCUT2D eigenvalue weighted by Crippen LogP contribution is -2.51. The zero-order chi connectivity index (χ0) is 17.4. The molecule has 1 aromatic carbocycles. The molecule has 2 rings (SSSR count). The average Bonchev–Trinajstić information content (AvgIpc) is 2.59. The first-order valence-electron chi connectivity index (χ1n) is 8.66. The van der Waals surface area contributed by atoms with Crippen LogP contribution in [0.1, 0.15) is 19.8 Å². The minimum atomic E-state index is -0.537. The number of nitrogens with two attached hydrogens (primary N) is 1. The van der Waals surface area contributed by atoms with Gasteiger partial charge in [-0.1, -0.05) is 18.2 Å². The van der Waals surface area contributed by atoms with E-state index in [9.17, 15) is 9.90 Å². The fourth-order valence-corrected chi connectivity index (χ4v) is 2.75. The molecule has 1 saturated heterocycles. The zero-order valence-electron chi connectivity index (χ0n) is 15.3. The van der Waals surface area contributed by atoms with Gasteiger partial charge in [-0.2, -0.15) is 0 Å². The van der Waals surface area contributed by atoms with Crippen molar-refractivity contribution in [2.24, 2.45) is 5.73 Å². The summed E-state index contributed by atoms with van der Waals surface area (Å²) in [5.74, 6) is 0.945. The molecule has 1 amide bonds. The van der Waals surface area contributed by atoms with Gasteiger partial charge in [-0.05, 0) is 25.5 Å². The molecule has 0 aromatic heterocycles. The van der Waals surface area contributed by atoms with Crippen LogP contribution in [0.2, 0.25) is 0 Å². The van der Waals surface area contributed by atoms with Crippen molar-refractivity contribution in [3.63, 3.8) is 0 Å². The quantitative estimate of drug-likeness (QED) is 0.682. The van der Waals surface area contributed by atoms with E-state index in [4.69, 9.17) is 10.5 Å². The Morgan fingerprint density at radius 2 is 1.81 bits per heavy atom. The molecule has 1 aliphatic rings. The smallest absolute Gasteiger partial charge is 0.222 e. The summed E-state index contributed by atoms with van der Waals surface area (Å²) in [6.45, 7) is 5.75. The second-order valence-corrected chi connectivity index (χ2v) is 6.48. The Hall–Kier alpha value is -1.05. The van der Waals surface area contributed by atoms with Crippen molar-refractivity contribution in [1.82, 2.24) is 9.80 Å². The number of aliphatic hydroxyl groups excluding tert-OH is 1. The molecule has 0 aliphatic carbocycles. The molecule has 0 spiro atoms. The Bertz CT molecular complexity index is 498. The van der Waals surface area contributed by atoms with Gasteiger partial charge in [0.2, 0.25) is 5.91 Å². The van der Waals surface area contributed by atoms with Crippen molar-refractivity contribution in [2.75, 3.05) is 39.3 Å². The molecule has 6 nitrogen and oxygen atoms in total. The molecule has 0 bridgehead atoms. The van der Waals surface area contributed by atoms with Crippen molar-refractivity contribution in [2.45, 2.75) is 31.9 Å². The van der Waals surface area contributed by atoms with Gasteiger partial charge < -0.3 is 20.5 Å². The van der Waals surface area contributed by atoms with Crippen molar-refractivity contribution in [3.05, 3.63) is 30.3 Å². The number of piperazine rings is 1. The van der Waals surface area contributed by atoms with Crippen LogP contribution in [0.5, 0.6) is 5.75 Å². The Kier molecular flexibility index (Phi) is 12.6. The van der Waals surface area contributed by atoms with Crippen molar-refractivity contribution in [1.29, 1.82) is 0 Å².